The first-order chi connectivity index (χ1) is 10.1. The molecule has 0 aliphatic carbocycles. The van der Waals surface area contributed by atoms with Gasteiger partial charge in [0, 0.05) is 36.3 Å². The first-order valence-corrected chi connectivity index (χ1v) is 7.46. The quantitative estimate of drug-likeness (QED) is 0.905. The van der Waals surface area contributed by atoms with Crippen molar-refractivity contribution in [3.63, 3.8) is 0 Å². The van der Waals surface area contributed by atoms with E-state index < -0.39 is 6.10 Å². The molecule has 6 heteroatoms. The largest absolute Gasteiger partial charge is 0.493 e. The molecular formula is C15H21ClN2O3. The van der Waals surface area contributed by atoms with E-state index in [-0.39, 0.29) is 12.5 Å². The third kappa shape index (κ3) is 3.60. The minimum Gasteiger partial charge on any atom is -0.493 e. The Bertz CT molecular complexity index is 491. The average Bonchev–Trinajstić information content (AvgIpc) is 3.01. The fraction of sp³-hybridized carbons (Fsp3) is 0.533. The molecule has 1 saturated heterocycles. The average molecular weight is 313 g/mol. The molecule has 1 aliphatic rings. The van der Waals surface area contributed by atoms with Gasteiger partial charge >= 0.3 is 0 Å². The van der Waals surface area contributed by atoms with Gasteiger partial charge in [-0.3, -0.25) is 4.79 Å². The van der Waals surface area contributed by atoms with Crippen LogP contribution in [0.1, 0.15) is 25.3 Å². The summed E-state index contributed by atoms with van der Waals surface area (Å²) in [6.45, 7) is 3.61. The lowest BCUT2D eigenvalue weighted by Crippen LogP contribution is -2.38. The van der Waals surface area contributed by atoms with Crippen molar-refractivity contribution in [3.05, 3.63) is 22.7 Å². The Morgan fingerprint density at radius 2 is 2.10 bits per heavy atom. The first kappa shape index (κ1) is 15.9. The highest BCUT2D eigenvalue weighted by Crippen LogP contribution is 2.35. The molecule has 1 atom stereocenters. The molecule has 1 heterocycles. The van der Waals surface area contributed by atoms with Crippen LogP contribution in [0.5, 0.6) is 11.5 Å². The number of rotatable bonds is 5. The van der Waals surface area contributed by atoms with Crippen LogP contribution in [0.4, 0.5) is 0 Å². The zero-order valence-electron chi connectivity index (χ0n) is 12.4. The Morgan fingerprint density at radius 3 is 2.67 bits per heavy atom. The highest BCUT2D eigenvalue weighted by Gasteiger charge is 2.26. The number of carbonyl (C=O) groups excluding carboxylic acids is 1. The maximum Gasteiger partial charge on any atom is 0.263 e. The third-order valence-electron chi connectivity index (χ3n) is 3.60. The number of nitrogens with zero attached hydrogens (tertiary/aromatic N) is 1. The van der Waals surface area contributed by atoms with Crippen molar-refractivity contribution in [2.75, 3.05) is 20.2 Å². The molecule has 1 unspecified atom stereocenters. The summed E-state index contributed by atoms with van der Waals surface area (Å²) in [4.78, 5) is 14.1. The minimum atomic E-state index is -0.580. The maximum absolute atomic E-state index is 12.3. The molecule has 21 heavy (non-hydrogen) atoms. The van der Waals surface area contributed by atoms with E-state index in [1.807, 2.05) is 4.90 Å². The molecular weight excluding hydrogens is 292 g/mol. The van der Waals surface area contributed by atoms with E-state index in [0.29, 0.717) is 16.5 Å². The second-order valence-electron chi connectivity index (χ2n) is 5.09. The van der Waals surface area contributed by atoms with Gasteiger partial charge in [0.05, 0.1) is 7.11 Å². The number of carbonyl (C=O) groups is 1. The molecule has 0 saturated carbocycles. The van der Waals surface area contributed by atoms with Crippen molar-refractivity contribution in [1.29, 1.82) is 0 Å². The van der Waals surface area contributed by atoms with Crippen molar-refractivity contribution < 1.29 is 14.3 Å². The molecule has 1 aromatic rings. The van der Waals surface area contributed by atoms with Crippen molar-refractivity contribution in [2.45, 2.75) is 32.4 Å². The summed E-state index contributed by atoms with van der Waals surface area (Å²) in [7, 11) is 1.53. The lowest BCUT2D eigenvalue weighted by Gasteiger charge is -2.23. The molecule has 2 N–H and O–H groups in total. The molecule has 1 aliphatic heterocycles. The van der Waals surface area contributed by atoms with E-state index in [0.717, 1.165) is 31.5 Å². The molecule has 2 rings (SSSR count). The van der Waals surface area contributed by atoms with E-state index in [1.54, 1.807) is 19.1 Å². The SMILES string of the molecule is COc1cc(Cl)cc(CN)c1OC(C)C(=O)N1CCCC1. The third-order valence-corrected chi connectivity index (χ3v) is 3.81. The normalized spacial score (nSPS) is 15.9. The molecule has 1 aromatic carbocycles. The topological polar surface area (TPSA) is 64.8 Å². The second kappa shape index (κ2) is 7.00. The zero-order valence-corrected chi connectivity index (χ0v) is 13.2. The van der Waals surface area contributed by atoms with E-state index in [2.05, 4.69) is 0 Å². The van der Waals surface area contributed by atoms with E-state index >= 15 is 0 Å². The van der Waals surface area contributed by atoms with Crippen molar-refractivity contribution >= 4 is 17.5 Å². The summed E-state index contributed by atoms with van der Waals surface area (Å²) >= 11 is 6.02. The smallest absolute Gasteiger partial charge is 0.263 e. The van der Waals surface area contributed by atoms with Crippen molar-refractivity contribution in [2.24, 2.45) is 5.73 Å². The molecule has 0 aromatic heterocycles. The van der Waals surface area contributed by atoms with Crippen LogP contribution in [-0.4, -0.2) is 37.1 Å². The number of likely N-dealkylation sites (tertiary alicyclic amines) is 1. The van der Waals surface area contributed by atoms with Crippen LogP contribution in [0, 0.1) is 0 Å². The van der Waals surface area contributed by atoms with Crippen molar-refractivity contribution in [1.82, 2.24) is 4.90 Å². The lowest BCUT2D eigenvalue weighted by molar-refractivity contribution is -0.136. The van der Waals surface area contributed by atoms with Crippen LogP contribution < -0.4 is 15.2 Å². The summed E-state index contributed by atoms with van der Waals surface area (Å²) < 4.78 is 11.1. The Kier molecular flexibility index (Phi) is 5.31. The second-order valence-corrected chi connectivity index (χ2v) is 5.53. The fourth-order valence-electron chi connectivity index (χ4n) is 2.48. The van der Waals surface area contributed by atoms with E-state index in [4.69, 9.17) is 26.8 Å². The molecule has 5 nitrogen and oxygen atoms in total. The van der Waals surface area contributed by atoms with Gasteiger partial charge in [-0.15, -0.1) is 0 Å². The predicted octanol–water partition coefficient (Wildman–Crippen LogP) is 2.20. The molecule has 116 valence electrons. The summed E-state index contributed by atoms with van der Waals surface area (Å²) in [5, 5.41) is 0.526. The number of methoxy groups -OCH3 is 1. The molecule has 1 amide bonds. The summed E-state index contributed by atoms with van der Waals surface area (Å²) in [5.41, 5.74) is 6.45. The monoisotopic (exact) mass is 312 g/mol. The Balaban J connectivity index is 2.19. The number of amides is 1. The molecule has 0 bridgehead atoms. The van der Waals surface area contributed by atoms with Crippen LogP contribution in [0.3, 0.4) is 0 Å². The number of ether oxygens (including phenoxy) is 2. The highest BCUT2D eigenvalue weighted by molar-refractivity contribution is 6.30. The van der Waals surface area contributed by atoms with E-state index in [9.17, 15) is 4.79 Å². The lowest BCUT2D eigenvalue weighted by atomic mass is 10.2. The Hall–Kier alpha value is -1.46. The van der Waals surface area contributed by atoms with Crippen LogP contribution in [-0.2, 0) is 11.3 Å². The standard InChI is InChI=1S/C15H21ClN2O3/c1-10(15(19)18-5-3-4-6-18)21-14-11(9-17)7-12(16)8-13(14)20-2/h7-8,10H,3-6,9,17H2,1-2H3. The molecule has 0 radical (unpaired) electrons. The number of nitrogens with two attached hydrogens (primary N) is 1. The van der Waals surface area contributed by atoms with Crippen LogP contribution >= 0.6 is 11.6 Å². The molecule has 0 spiro atoms. The van der Waals surface area contributed by atoms with Gasteiger partial charge in [0.25, 0.3) is 5.91 Å². The van der Waals surface area contributed by atoms with Gasteiger partial charge in [-0.1, -0.05) is 11.6 Å². The number of hydrogen-bond acceptors (Lipinski definition) is 4. The van der Waals surface area contributed by atoms with Gasteiger partial charge in [0.15, 0.2) is 17.6 Å². The van der Waals surface area contributed by atoms with Gasteiger partial charge < -0.3 is 20.1 Å². The van der Waals surface area contributed by atoms with Gasteiger partial charge in [-0.25, -0.2) is 0 Å². The Morgan fingerprint density at radius 1 is 1.43 bits per heavy atom. The van der Waals surface area contributed by atoms with Gasteiger partial charge in [0.1, 0.15) is 0 Å². The van der Waals surface area contributed by atoms with Gasteiger partial charge in [0.2, 0.25) is 0 Å². The minimum absolute atomic E-state index is 0.00697. The van der Waals surface area contributed by atoms with Crippen molar-refractivity contribution in [3.8, 4) is 11.5 Å². The van der Waals surface area contributed by atoms with Crippen LogP contribution in [0.25, 0.3) is 0 Å². The molecule has 1 fully saturated rings. The zero-order chi connectivity index (χ0) is 15.4. The number of halogens is 1. The highest BCUT2D eigenvalue weighted by atomic mass is 35.5. The first-order valence-electron chi connectivity index (χ1n) is 7.08. The summed E-state index contributed by atoms with van der Waals surface area (Å²) in [6.07, 6.45) is 1.52. The van der Waals surface area contributed by atoms with Gasteiger partial charge in [-0.05, 0) is 25.8 Å². The summed E-state index contributed by atoms with van der Waals surface area (Å²) in [5.74, 6) is 0.973. The Labute approximate surface area is 130 Å². The number of hydrogen-bond donors (Lipinski definition) is 1. The fourth-order valence-corrected chi connectivity index (χ4v) is 2.71. The van der Waals surface area contributed by atoms with E-state index in [1.165, 1.54) is 7.11 Å². The maximum atomic E-state index is 12.3. The predicted molar refractivity (Wildman–Crippen MR) is 81.8 cm³/mol. The van der Waals surface area contributed by atoms with Gasteiger partial charge in [-0.2, -0.15) is 0 Å². The number of benzene rings is 1. The summed E-state index contributed by atoms with van der Waals surface area (Å²) in [6, 6.07) is 3.38. The van der Waals surface area contributed by atoms with Crippen LogP contribution in [0.15, 0.2) is 12.1 Å². The van der Waals surface area contributed by atoms with Crippen LogP contribution in [0.2, 0.25) is 5.02 Å².